The minimum absolute atomic E-state index is 0.591. The summed E-state index contributed by atoms with van der Waals surface area (Å²) in [6.45, 7) is 0. The van der Waals surface area contributed by atoms with E-state index in [1.807, 2.05) is 108 Å². The van der Waals surface area contributed by atoms with E-state index in [1.54, 1.807) is 6.07 Å². The second kappa shape index (κ2) is 17.3. The third-order valence-corrected chi connectivity index (χ3v) is 9.36. The smallest absolute Gasteiger partial charge is 0.171 e. The molecule has 0 aliphatic carbocycles. The zero-order chi connectivity index (χ0) is 33.3. The van der Waals surface area contributed by atoms with Crippen molar-refractivity contribution in [3.63, 3.8) is 0 Å². The molecule has 2 heterocycles. The summed E-state index contributed by atoms with van der Waals surface area (Å²) >= 11 is 24.0. The van der Waals surface area contributed by atoms with Crippen molar-refractivity contribution in [2.75, 3.05) is 15.1 Å². The Morgan fingerprint density at radius 2 is 1.13 bits per heavy atom. The van der Waals surface area contributed by atoms with Gasteiger partial charge >= 0.3 is 0 Å². The normalized spacial score (nSPS) is 11.3. The largest absolute Gasteiger partial charge is 0.451 e. The number of benzene rings is 6. The van der Waals surface area contributed by atoms with Gasteiger partial charge in [0.05, 0.1) is 27.1 Å². The van der Waals surface area contributed by atoms with Gasteiger partial charge in [-0.1, -0.05) is 106 Å². The van der Waals surface area contributed by atoms with Gasteiger partial charge < -0.3 is 19.7 Å². The number of nitrogens with zero attached hydrogens (tertiary/aromatic N) is 1. The third kappa shape index (κ3) is 8.58. The van der Waals surface area contributed by atoms with E-state index in [-0.39, 0.29) is 0 Å². The van der Waals surface area contributed by atoms with Crippen molar-refractivity contribution in [3.8, 4) is 23.0 Å². The molecular weight excluding hydrogens is 989 g/mol. The highest BCUT2D eigenvalue weighted by Crippen LogP contribution is 2.55. The van der Waals surface area contributed by atoms with Gasteiger partial charge in [-0.3, -0.25) is 0 Å². The predicted octanol–water partition coefficient (Wildman–Crippen LogP) is 15.0. The lowest BCUT2D eigenvalue weighted by molar-refractivity contribution is 0.477. The minimum Gasteiger partial charge on any atom is -0.451 e. The van der Waals surface area contributed by atoms with E-state index < -0.39 is 0 Å². The maximum atomic E-state index is 6.36. The van der Waals surface area contributed by atoms with Crippen molar-refractivity contribution in [2.24, 2.45) is 0 Å². The van der Waals surface area contributed by atoms with Gasteiger partial charge in [0.1, 0.15) is 5.69 Å². The summed E-state index contributed by atoms with van der Waals surface area (Å²) in [6, 6.07) is 43.6. The van der Waals surface area contributed by atoms with Crippen LogP contribution in [0.2, 0.25) is 10.0 Å². The van der Waals surface area contributed by atoms with E-state index in [0.29, 0.717) is 21.5 Å². The molecule has 0 spiro atoms. The van der Waals surface area contributed by atoms with Crippen LogP contribution in [0, 0.1) is 3.57 Å². The number of fused-ring (bicyclic) bond motifs is 4. The molecule has 4 nitrogen and oxygen atoms in total. The number of alkyl halides is 1. The van der Waals surface area contributed by atoms with Crippen molar-refractivity contribution in [2.45, 2.75) is 0 Å². The lowest BCUT2D eigenvalue weighted by Crippen LogP contribution is -2.16. The topological polar surface area (TPSA) is 33.7 Å². The summed E-state index contributed by atoms with van der Waals surface area (Å²) < 4.78 is 15.0. The average molecular weight is 1020 g/mol. The lowest BCUT2D eigenvalue weighted by atomic mass is 10.1. The highest BCUT2D eigenvalue weighted by atomic mass is 127. The number of anilines is 5. The fourth-order valence-corrected chi connectivity index (χ4v) is 6.40. The van der Waals surface area contributed by atoms with E-state index in [0.717, 1.165) is 48.9 Å². The Kier molecular flexibility index (Phi) is 13.2. The van der Waals surface area contributed by atoms with E-state index in [4.69, 9.17) is 32.7 Å². The van der Waals surface area contributed by atoms with Gasteiger partial charge in [-0.15, -0.1) is 0 Å². The van der Waals surface area contributed by atoms with Gasteiger partial charge in [0.15, 0.2) is 23.0 Å². The molecule has 6 aromatic carbocycles. The Hall–Kier alpha value is -2.48. The molecule has 0 fully saturated rings. The van der Waals surface area contributed by atoms with Gasteiger partial charge in [-0.05, 0) is 132 Å². The molecule has 0 atom stereocenters. The van der Waals surface area contributed by atoms with Crippen molar-refractivity contribution < 1.29 is 9.47 Å². The molecule has 0 saturated carbocycles. The molecule has 238 valence electrons. The molecule has 8 rings (SSSR count). The van der Waals surface area contributed by atoms with Crippen LogP contribution in [0.5, 0.6) is 23.0 Å². The van der Waals surface area contributed by atoms with Crippen LogP contribution >= 0.6 is 100 Å². The van der Waals surface area contributed by atoms with Crippen LogP contribution in [0.3, 0.4) is 0 Å². The van der Waals surface area contributed by atoms with Crippen LogP contribution in [-0.4, -0.2) is 4.93 Å². The van der Waals surface area contributed by atoms with E-state index in [1.165, 1.54) is 3.57 Å². The minimum atomic E-state index is 0.591. The molecule has 47 heavy (non-hydrogen) atoms. The Morgan fingerprint density at radius 1 is 0.596 bits per heavy atom. The Balaban J connectivity index is 0.000000151. The number of hydrogen-bond donors (Lipinski definition) is 1. The molecule has 0 aromatic heterocycles. The van der Waals surface area contributed by atoms with Gasteiger partial charge in [-0.2, -0.15) is 0 Å². The first-order valence-corrected chi connectivity index (χ1v) is 19.7. The molecule has 0 saturated heterocycles. The summed E-state index contributed by atoms with van der Waals surface area (Å²) in [7, 11) is 0. The zero-order valence-corrected chi connectivity index (χ0v) is 33.7. The number of para-hydroxylation sites is 5. The molecule has 2 aliphatic rings. The monoisotopic (exact) mass is 1010 g/mol. The maximum absolute atomic E-state index is 6.36. The third-order valence-electron chi connectivity index (χ3n) is 6.74. The van der Waals surface area contributed by atoms with Crippen LogP contribution < -0.4 is 19.7 Å². The quantitative estimate of drug-likeness (QED) is 0.131. The summed E-state index contributed by atoms with van der Waals surface area (Å²) in [5, 5.41) is 4.48. The van der Waals surface area contributed by atoms with Crippen molar-refractivity contribution >= 4 is 129 Å². The molecule has 0 bridgehead atoms. The first-order chi connectivity index (χ1) is 22.9. The summed E-state index contributed by atoms with van der Waals surface area (Å²) in [6.07, 6.45) is 0. The highest BCUT2D eigenvalue weighted by molar-refractivity contribution is 14.1. The molecule has 6 aromatic rings. The van der Waals surface area contributed by atoms with Crippen LogP contribution in [0.15, 0.2) is 142 Å². The molecule has 0 unspecified atom stereocenters. The van der Waals surface area contributed by atoms with Gasteiger partial charge in [0.25, 0.3) is 0 Å². The molecule has 0 radical (unpaired) electrons. The number of rotatable bonds is 1. The Morgan fingerprint density at radius 3 is 1.79 bits per heavy atom. The van der Waals surface area contributed by atoms with Crippen molar-refractivity contribution in [1.29, 1.82) is 0 Å². The Bertz CT molecular complexity index is 1920. The standard InChI is InChI=1S/C18H11BrClNO.C12H7BrClNO.C6H5I.CH3I/c19-13-10-11-14(20)18-17(13)21(12-6-2-1-3-7-12)15-8-4-5-9-16(15)22-18;13-7-5-6-8(14)12-11(7)15-9-3-1-2-4-10(9)16-12;7-6-4-2-1-3-5-6;1-2/h1-11H;1-6,15H;1-5H;1H3. The van der Waals surface area contributed by atoms with E-state index >= 15 is 0 Å². The van der Waals surface area contributed by atoms with E-state index in [2.05, 4.69) is 112 Å². The average Bonchev–Trinajstić information content (AvgIpc) is 3.12. The number of halogens is 6. The second-order valence-electron chi connectivity index (χ2n) is 9.70. The number of nitrogens with one attached hydrogen (secondary N) is 1. The van der Waals surface area contributed by atoms with E-state index in [9.17, 15) is 0 Å². The van der Waals surface area contributed by atoms with Crippen LogP contribution in [0.4, 0.5) is 28.4 Å². The molecule has 1 N–H and O–H groups in total. The first kappa shape index (κ1) is 35.8. The Labute approximate surface area is 328 Å². The van der Waals surface area contributed by atoms with Crippen LogP contribution in [0.1, 0.15) is 0 Å². The first-order valence-electron chi connectivity index (χ1n) is 14.1. The van der Waals surface area contributed by atoms with Gasteiger partial charge in [-0.25, -0.2) is 0 Å². The summed E-state index contributed by atoms with van der Waals surface area (Å²) in [4.78, 5) is 4.13. The molecule has 10 heteroatoms. The fraction of sp³-hybridized carbons (Fsp3) is 0.0270. The molecule has 0 amide bonds. The van der Waals surface area contributed by atoms with Crippen molar-refractivity contribution in [3.05, 3.63) is 156 Å². The maximum Gasteiger partial charge on any atom is 0.171 e. The summed E-state index contributed by atoms with van der Waals surface area (Å²) in [5.74, 6) is 2.90. The predicted molar refractivity (Wildman–Crippen MR) is 222 cm³/mol. The molecular formula is C37H26Br2Cl2I2N2O2. The van der Waals surface area contributed by atoms with Crippen LogP contribution in [-0.2, 0) is 0 Å². The molecule has 2 aliphatic heterocycles. The van der Waals surface area contributed by atoms with Gasteiger partial charge in [0, 0.05) is 18.2 Å². The number of hydrogen-bond acceptors (Lipinski definition) is 4. The van der Waals surface area contributed by atoms with Crippen LogP contribution in [0.25, 0.3) is 0 Å². The SMILES string of the molecule is CI.Clc1ccc(Br)c2c1Oc1ccccc1N2.Clc1ccc(Br)c2c1Oc1ccccc1N2c1ccccc1.Ic1ccccc1. The fourth-order valence-electron chi connectivity index (χ4n) is 4.70. The van der Waals surface area contributed by atoms with Crippen molar-refractivity contribution in [1.82, 2.24) is 0 Å². The second-order valence-corrected chi connectivity index (χ2v) is 13.5. The highest BCUT2D eigenvalue weighted by Gasteiger charge is 2.29. The number of ether oxygens (including phenoxy) is 2. The zero-order valence-electron chi connectivity index (χ0n) is 24.7. The van der Waals surface area contributed by atoms with Gasteiger partial charge in [0.2, 0.25) is 0 Å². The lowest BCUT2D eigenvalue weighted by Gasteiger charge is -2.34. The summed E-state index contributed by atoms with van der Waals surface area (Å²) in [5.41, 5.74) is 4.77.